The van der Waals surface area contributed by atoms with Crippen LogP contribution in [0.1, 0.15) is 12.5 Å². The largest absolute Gasteiger partial charge is 0.480 e. The molecule has 1 saturated heterocycles. The van der Waals surface area contributed by atoms with Crippen LogP contribution in [0.15, 0.2) is 30.3 Å². The fourth-order valence-corrected chi connectivity index (χ4v) is 3.41. The Labute approximate surface area is 115 Å². The summed E-state index contributed by atoms with van der Waals surface area (Å²) in [5.41, 5.74) is 1.12. The van der Waals surface area contributed by atoms with E-state index in [0.29, 0.717) is 25.5 Å². The molecule has 0 bridgehead atoms. The second-order valence-corrected chi connectivity index (χ2v) is 6.04. The molecule has 1 heterocycles. The van der Waals surface area contributed by atoms with Crippen LogP contribution in [-0.2, 0) is 22.3 Å². The summed E-state index contributed by atoms with van der Waals surface area (Å²) in [6.07, 6.45) is 0. The molecule has 6 heteroatoms. The summed E-state index contributed by atoms with van der Waals surface area (Å²) >= 11 is 0. The van der Waals surface area contributed by atoms with Gasteiger partial charge in [-0.15, -0.1) is 0 Å². The standard InChI is InChI=1S/C13H18N2O3S/c1-11(13(16)17)14-7-8-15(19(18)10-14)9-12-5-3-2-4-6-12/h2-6,11H,7-10H2,1H3,(H,16,17)/t11-,19?/m1/s1. The van der Waals surface area contributed by atoms with Crippen molar-refractivity contribution in [1.82, 2.24) is 9.21 Å². The lowest BCUT2D eigenvalue weighted by molar-refractivity contribution is -0.142. The normalized spacial score (nSPS) is 23.1. The molecule has 2 atom stereocenters. The van der Waals surface area contributed by atoms with E-state index in [9.17, 15) is 9.00 Å². The third-order valence-electron chi connectivity index (χ3n) is 3.31. The molecule has 0 aliphatic carbocycles. The second kappa shape index (κ2) is 6.27. The maximum absolute atomic E-state index is 12.1. The number of benzene rings is 1. The minimum atomic E-state index is -1.15. The van der Waals surface area contributed by atoms with Crippen molar-refractivity contribution in [2.45, 2.75) is 19.5 Å². The lowest BCUT2D eigenvalue weighted by Gasteiger charge is -2.35. The Morgan fingerprint density at radius 1 is 1.37 bits per heavy atom. The molecule has 1 aromatic carbocycles. The van der Waals surface area contributed by atoms with Crippen molar-refractivity contribution in [3.8, 4) is 0 Å². The number of aliphatic carboxylic acids is 1. The third-order valence-corrected chi connectivity index (χ3v) is 4.75. The topological polar surface area (TPSA) is 60.9 Å². The van der Waals surface area contributed by atoms with Gasteiger partial charge in [-0.25, -0.2) is 8.51 Å². The Bertz CT molecular complexity index is 466. The third kappa shape index (κ3) is 3.62. The van der Waals surface area contributed by atoms with E-state index in [0.717, 1.165) is 5.56 Å². The summed E-state index contributed by atoms with van der Waals surface area (Å²) in [4.78, 5) is 12.7. The van der Waals surface area contributed by atoms with Crippen LogP contribution < -0.4 is 0 Å². The van der Waals surface area contributed by atoms with E-state index in [1.807, 2.05) is 34.6 Å². The van der Waals surface area contributed by atoms with E-state index in [1.165, 1.54) is 0 Å². The fraction of sp³-hybridized carbons (Fsp3) is 0.462. The number of carboxylic acid groups (broad SMARTS) is 1. The Morgan fingerprint density at radius 2 is 2.05 bits per heavy atom. The highest BCUT2D eigenvalue weighted by Crippen LogP contribution is 2.14. The van der Waals surface area contributed by atoms with Crippen molar-refractivity contribution < 1.29 is 14.1 Å². The minimum Gasteiger partial charge on any atom is -0.480 e. The number of hydrogen-bond donors (Lipinski definition) is 1. The molecule has 2 rings (SSSR count). The molecular weight excluding hydrogens is 264 g/mol. The smallest absolute Gasteiger partial charge is 0.320 e. The van der Waals surface area contributed by atoms with Crippen LogP contribution in [0.25, 0.3) is 0 Å². The SMILES string of the molecule is C[C@H](C(=O)O)N1CCN(Cc2ccccc2)S(=O)C1. The van der Waals surface area contributed by atoms with Crippen LogP contribution in [0.4, 0.5) is 0 Å². The van der Waals surface area contributed by atoms with Gasteiger partial charge in [-0.05, 0) is 12.5 Å². The van der Waals surface area contributed by atoms with Gasteiger partial charge in [0.15, 0.2) is 0 Å². The molecule has 104 valence electrons. The molecule has 0 saturated carbocycles. The van der Waals surface area contributed by atoms with Gasteiger partial charge in [0.05, 0.1) is 5.88 Å². The first kappa shape index (κ1) is 14.2. The van der Waals surface area contributed by atoms with E-state index < -0.39 is 23.0 Å². The maximum Gasteiger partial charge on any atom is 0.320 e. The molecule has 1 N–H and O–H groups in total. The molecule has 0 aromatic heterocycles. The average Bonchev–Trinajstić information content (AvgIpc) is 2.41. The summed E-state index contributed by atoms with van der Waals surface area (Å²) in [6, 6.07) is 9.30. The Kier molecular flexibility index (Phi) is 4.68. The summed E-state index contributed by atoms with van der Waals surface area (Å²) in [7, 11) is -1.15. The van der Waals surface area contributed by atoms with Crippen molar-refractivity contribution >= 4 is 17.0 Å². The lowest BCUT2D eigenvalue weighted by atomic mass is 10.2. The van der Waals surface area contributed by atoms with E-state index in [4.69, 9.17) is 5.11 Å². The number of hydrogen-bond acceptors (Lipinski definition) is 3. The van der Waals surface area contributed by atoms with Gasteiger partial charge in [0.2, 0.25) is 0 Å². The maximum atomic E-state index is 12.1. The number of nitrogens with zero attached hydrogens (tertiary/aromatic N) is 2. The van der Waals surface area contributed by atoms with Gasteiger partial charge >= 0.3 is 5.97 Å². The Morgan fingerprint density at radius 3 is 2.63 bits per heavy atom. The second-order valence-electron chi connectivity index (χ2n) is 4.63. The molecule has 1 aliphatic heterocycles. The molecule has 0 amide bonds. The highest BCUT2D eigenvalue weighted by Gasteiger charge is 2.29. The van der Waals surface area contributed by atoms with Crippen molar-refractivity contribution in [2.75, 3.05) is 19.0 Å². The Balaban J connectivity index is 1.94. The zero-order chi connectivity index (χ0) is 13.8. The number of carboxylic acids is 1. The van der Waals surface area contributed by atoms with Gasteiger partial charge in [0, 0.05) is 19.6 Å². The van der Waals surface area contributed by atoms with Crippen molar-refractivity contribution in [2.24, 2.45) is 0 Å². The van der Waals surface area contributed by atoms with E-state index >= 15 is 0 Å². The number of carbonyl (C=O) groups is 1. The summed E-state index contributed by atoms with van der Waals surface area (Å²) < 4.78 is 14.0. The summed E-state index contributed by atoms with van der Waals surface area (Å²) in [5.74, 6) is -0.575. The predicted molar refractivity (Wildman–Crippen MR) is 73.7 cm³/mol. The van der Waals surface area contributed by atoms with E-state index in [-0.39, 0.29) is 0 Å². The Hall–Kier alpha value is -1.24. The van der Waals surface area contributed by atoms with Gasteiger partial charge in [-0.3, -0.25) is 9.69 Å². The summed E-state index contributed by atoms with van der Waals surface area (Å²) in [6.45, 7) is 3.53. The molecule has 5 nitrogen and oxygen atoms in total. The lowest BCUT2D eigenvalue weighted by Crippen LogP contribution is -2.51. The summed E-state index contributed by atoms with van der Waals surface area (Å²) in [5, 5.41) is 8.97. The van der Waals surface area contributed by atoms with Gasteiger partial charge < -0.3 is 5.11 Å². The van der Waals surface area contributed by atoms with Crippen LogP contribution in [0.3, 0.4) is 0 Å². The highest BCUT2D eigenvalue weighted by molar-refractivity contribution is 7.82. The first-order chi connectivity index (χ1) is 9.08. The fourth-order valence-electron chi connectivity index (χ4n) is 2.03. The molecule has 1 aliphatic rings. The van der Waals surface area contributed by atoms with Gasteiger partial charge in [-0.2, -0.15) is 0 Å². The molecule has 1 aromatic rings. The van der Waals surface area contributed by atoms with Crippen LogP contribution in [0.5, 0.6) is 0 Å². The monoisotopic (exact) mass is 282 g/mol. The molecule has 1 unspecified atom stereocenters. The molecule has 0 spiro atoms. The van der Waals surface area contributed by atoms with Crippen LogP contribution in [-0.4, -0.2) is 49.5 Å². The first-order valence-electron chi connectivity index (χ1n) is 6.22. The van der Waals surface area contributed by atoms with Crippen LogP contribution in [0, 0.1) is 0 Å². The molecule has 1 fully saturated rings. The zero-order valence-corrected chi connectivity index (χ0v) is 11.7. The quantitative estimate of drug-likeness (QED) is 0.891. The van der Waals surface area contributed by atoms with Gasteiger partial charge in [0.1, 0.15) is 17.0 Å². The average molecular weight is 282 g/mol. The van der Waals surface area contributed by atoms with Crippen LogP contribution >= 0.6 is 0 Å². The van der Waals surface area contributed by atoms with Crippen molar-refractivity contribution in [3.63, 3.8) is 0 Å². The molecule has 0 radical (unpaired) electrons. The zero-order valence-electron chi connectivity index (χ0n) is 10.9. The van der Waals surface area contributed by atoms with Crippen molar-refractivity contribution in [1.29, 1.82) is 0 Å². The van der Waals surface area contributed by atoms with E-state index in [1.54, 1.807) is 11.8 Å². The molecular formula is C13H18N2O3S. The number of rotatable bonds is 4. The van der Waals surface area contributed by atoms with Gasteiger partial charge in [0.25, 0.3) is 0 Å². The first-order valence-corrected chi connectivity index (χ1v) is 7.49. The van der Waals surface area contributed by atoms with Gasteiger partial charge in [-0.1, -0.05) is 30.3 Å². The van der Waals surface area contributed by atoms with Crippen LogP contribution in [0.2, 0.25) is 0 Å². The molecule has 19 heavy (non-hydrogen) atoms. The predicted octanol–water partition coefficient (Wildman–Crippen LogP) is 0.898. The highest BCUT2D eigenvalue weighted by atomic mass is 32.2. The van der Waals surface area contributed by atoms with E-state index in [2.05, 4.69) is 0 Å². The minimum absolute atomic E-state index is 0.292. The van der Waals surface area contributed by atoms with Crippen molar-refractivity contribution in [3.05, 3.63) is 35.9 Å².